The number of hydrogen-bond acceptors (Lipinski definition) is 5. The van der Waals surface area contributed by atoms with E-state index in [1.165, 1.54) is 17.7 Å². The largest absolute Gasteiger partial charge is 0.491 e. The van der Waals surface area contributed by atoms with Crippen LogP contribution in [0, 0.1) is 17.6 Å². The summed E-state index contributed by atoms with van der Waals surface area (Å²) in [6, 6.07) is 8.02. The summed E-state index contributed by atoms with van der Waals surface area (Å²) >= 11 is 0. The second-order valence-electron chi connectivity index (χ2n) is 10.2. The van der Waals surface area contributed by atoms with Crippen LogP contribution in [0.25, 0.3) is 16.8 Å². The molecule has 0 saturated heterocycles. The van der Waals surface area contributed by atoms with E-state index < -0.39 is 11.6 Å². The number of benzene rings is 1. The van der Waals surface area contributed by atoms with Crippen LogP contribution in [0.5, 0.6) is 5.75 Å². The quantitative estimate of drug-likeness (QED) is 0.376. The molecule has 1 saturated carbocycles. The average Bonchev–Trinajstić information content (AvgIpc) is 3.20. The fraction of sp³-hybridized carbons (Fsp3) is 0.393. The molecule has 36 heavy (non-hydrogen) atoms. The minimum absolute atomic E-state index is 0.147. The molecular weight excluding hydrogens is 460 g/mol. The van der Waals surface area contributed by atoms with E-state index in [1.54, 1.807) is 36.7 Å². The number of hydrogen-bond donors (Lipinski definition) is 1. The maximum atomic E-state index is 14.9. The molecule has 0 bridgehead atoms. The maximum Gasteiger partial charge on any atom is 0.139 e. The molecule has 8 heteroatoms. The first-order chi connectivity index (χ1) is 17.3. The highest BCUT2D eigenvalue weighted by Gasteiger charge is 2.27. The van der Waals surface area contributed by atoms with Crippen LogP contribution in [-0.4, -0.2) is 31.7 Å². The minimum atomic E-state index is -0.725. The second-order valence-corrected chi connectivity index (χ2v) is 10.2. The zero-order valence-corrected chi connectivity index (χ0v) is 20.8. The van der Waals surface area contributed by atoms with E-state index in [9.17, 15) is 8.78 Å². The van der Waals surface area contributed by atoms with Gasteiger partial charge in [0.15, 0.2) is 0 Å². The van der Waals surface area contributed by atoms with Gasteiger partial charge in [-0.1, -0.05) is 6.92 Å². The standard InChI is InChI=1S/C28H31F2N5O/c1-16(2)36-22-12-24(29)28(25(30)13-22)26-5-4-21-15-33-27(35(21)34-26)11-19-14-32-7-6-23(19)18-8-17(3)9-20(31)10-18/h4-7,12-18,20H,8-11,31H2,1-3H3/t17-,18+,20-/m0/s1. The van der Waals surface area contributed by atoms with E-state index in [1.807, 2.05) is 12.4 Å². The lowest BCUT2D eigenvalue weighted by molar-refractivity contribution is 0.240. The summed E-state index contributed by atoms with van der Waals surface area (Å²) in [4.78, 5) is 8.93. The lowest BCUT2D eigenvalue weighted by atomic mass is 9.75. The van der Waals surface area contributed by atoms with Gasteiger partial charge in [0.05, 0.1) is 29.1 Å². The van der Waals surface area contributed by atoms with Crippen LogP contribution >= 0.6 is 0 Å². The highest BCUT2D eigenvalue weighted by molar-refractivity contribution is 5.64. The molecular formula is C28H31F2N5O. The third-order valence-electron chi connectivity index (χ3n) is 6.81. The number of pyridine rings is 1. The van der Waals surface area contributed by atoms with Gasteiger partial charge in [0.2, 0.25) is 0 Å². The van der Waals surface area contributed by atoms with Crippen LogP contribution in [0.2, 0.25) is 0 Å². The summed E-state index contributed by atoms with van der Waals surface area (Å²) in [5, 5.41) is 4.57. The Labute approximate surface area is 209 Å². The molecule has 2 N–H and O–H groups in total. The third kappa shape index (κ3) is 4.95. The molecule has 1 aliphatic carbocycles. The summed E-state index contributed by atoms with van der Waals surface area (Å²) in [6.07, 6.45) is 8.80. The Morgan fingerprint density at radius 2 is 1.86 bits per heavy atom. The van der Waals surface area contributed by atoms with Crippen molar-refractivity contribution in [2.75, 3.05) is 0 Å². The smallest absolute Gasteiger partial charge is 0.139 e. The van der Waals surface area contributed by atoms with Crippen molar-refractivity contribution in [1.82, 2.24) is 19.6 Å². The van der Waals surface area contributed by atoms with Gasteiger partial charge in [-0.2, -0.15) is 5.10 Å². The van der Waals surface area contributed by atoms with Gasteiger partial charge in [0, 0.05) is 37.0 Å². The van der Waals surface area contributed by atoms with E-state index in [0.717, 1.165) is 30.3 Å². The molecule has 0 amide bonds. The predicted octanol–water partition coefficient (Wildman–Crippen LogP) is 5.68. The second kappa shape index (κ2) is 9.93. The normalized spacial score (nSPS) is 20.2. The molecule has 3 heterocycles. The molecule has 1 aromatic carbocycles. The first-order valence-corrected chi connectivity index (χ1v) is 12.5. The Kier molecular flexibility index (Phi) is 6.71. The van der Waals surface area contributed by atoms with E-state index in [2.05, 4.69) is 28.1 Å². The van der Waals surface area contributed by atoms with Gasteiger partial charge < -0.3 is 10.5 Å². The number of imidazole rings is 1. The Morgan fingerprint density at radius 1 is 1.08 bits per heavy atom. The Balaban J connectivity index is 1.49. The molecule has 5 rings (SSSR count). The molecule has 4 aromatic rings. The number of nitrogens with zero attached hydrogens (tertiary/aromatic N) is 4. The number of rotatable bonds is 6. The summed E-state index contributed by atoms with van der Waals surface area (Å²) in [6.45, 7) is 5.85. The lowest BCUT2D eigenvalue weighted by Gasteiger charge is -2.32. The summed E-state index contributed by atoms with van der Waals surface area (Å²) in [7, 11) is 0. The topological polar surface area (TPSA) is 78.3 Å². The van der Waals surface area contributed by atoms with Crippen LogP contribution < -0.4 is 10.5 Å². The number of nitrogens with two attached hydrogens (primary N) is 1. The molecule has 0 unspecified atom stereocenters. The fourth-order valence-electron chi connectivity index (χ4n) is 5.39. The van der Waals surface area contributed by atoms with Crippen molar-refractivity contribution in [1.29, 1.82) is 0 Å². The highest BCUT2D eigenvalue weighted by Crippen LogP contribution is 2.37. The first kappa shape index (κ1) is 24.3. The van der Waals surface area contributed by atoms with Gasteiger partial charge in [-0.3, -0.25) is 4.98 Å². The molecule has 0 radical (unpaired) electrons. The Morgan fingerprint density at radius 3 is 2.58 bits per heavy atom. The summed E-state index contributed by atoms with van der Waals surface area (Å²) in [5.74, 6) is 0.307. The summed E-state index contributed by atoms with van der Waals surface area (Å²) < 4.78 is 37.0. The third-order valence-corrected chi connectivity index (χ3v) is 6.81. The van der Waals surface area contributed by atoms with Gasteiger partial charge in [0.1, 0.15) is 23.2 Å². The van der Waals surface area contributed by atoms with Crippen molar-refractivity contribution in [3.05, 3.63) is 77.5 Å². The van der Waals surface area contributed by atoms with Gasteiger partial charge >= 0.3 is 0 Å². The van der Waals surface area contributed by atoms with Gasteiger partial charge in [-0.25, -0.2) is 18.3 Å². The van der Waals surface area contributed by atoms with Crippen LogP contribution in [0.4, 0.5) is 8.78 Å². The van der Waals surface area contributed by atoms with E-state index >= 15 is 0 Å². The molecule has 3 atom stereocenters. The van der Waals surface area contributed by atoms with Crippen molar-refractivity contribution < 1.29 is 13.5 Å². The minimum Gasteiger partial charge on any atom is -0.491 e. The molecule has 188 valence electrons. The van der Waals surface area contributed by atoms with E-state index in [-0.39, 0.29) is 29.2 Å². The first-order valence-electron chi connectivity index (χ1n) is 12.5. The number of fused-ring (bicyclic) bond motifs is 1. The molecule has 1 fully saturated rings. The zero-order chi connectivity index (χ0) is 25.4. The zero-order valence-electron chi connectivity index (χ0n) is 20.8. The molecule has 0 aliphatic heterocycles. The van der Waals surface area contributed by atoms with E-state index in [4.69, 9.17) is 10.5 Å². The molecule has 0 spiro atoms. The SMILES string of the molecule is CC(C)Oc1cc(F)c(-c2ccc3cnc(Cc4cnccc4[C@@H]4C[C@H](C)C[C@H](N)C4)n3n2)c(F)c1. The maximum absolute atomic E-state index is 14.9. The van der Waals surface area contributed by atoms with Gasteiger partial charge in [-0.15, -0.1) is 0 Å². The molecule has 3 aromatic heterocycles. The van der Waals surface area contributed by atoms with Crippen molar-refractivity contribution in [3.8, 4) is 17.0 Å². The molecule has 1 aliphatic rings. The predicted molar refractivity (Wildman–Crippen MR) is 135 cm³/mol. The number of halogens is 2. The van der Waals surface area contributed by atoms with E-state index in [0.29, 0.717) is 24.1 Å². The number of aromatic nitrogens is 4. The van der Waals surface area contributed by atoms with Crippen molar-refractivity contribution in [2.24, 2.45) is 11.7 Å². The monoisotopic (exact) mass is 491 g/mol. The summed E-state index contributed by atoms with van der Waals surface area (Å²) in [5.41, 5.74) is 9.37. The lowest BCUT2D eigenvalue weighted by Crippen LogP contribution is -2.31. The average molecular weight is 492 g/mol. The fourth-order valence-corrected chi connectivity index (χ4v) is 5.39. The van der Waals surface area contributed by atoms with Crippen molar-refractivity contribution in [3.63, 3.8) is 0 Å². The van der Waals surface area contributed by atoms with Crippen LogP contribution in [0.15, 0.2) is 48.9 Å². The van der Waals surface area contributed by atoms with Crippen LogP contribution in [0.1, 0.15) is 62.9 Å². The van der Waals surface area contributed by atoms with Crippen molar-refractivity contribution in [2.45, 2.75) is 64.5 Å². The van der Waals surface area contributed by atoms with Gasteiger partial charge in [-0.05, 0) is 74.3 Å². The van der Waals surface area contributed by atoms with Crippen LogP contribution in [-0.2, 0) is 6.42 Å². The number of ether oxygens (including phenoxy) is 1. The van der Waals surface area contributed by atoms with Gasteiger partial charge in [0.25, 0.3) is 0 Å². The Bertz CT molecular complexity index is 1350. The highest BCUT2D eigenvalue weighted by atomic mass is 19.1. The Hall–Kier alpha value is -3.39. The van der Waals surface area contributed by atoms with Crippen molar-refractivity contribution >= 4 is 5.52 Å². The molecule has 6 nitrogen and oxygen atoms in total. The van der Waals surface area contributed by atoms with Crippen LogP contribution in [0.3, 0.4) is 0 Å².